The summed E-state index contributed by atoms with van der Waals surface area (Å²) in [5.41, 5.74) is 6.15. The van der Waals surface area contributed by atoms with Gasteiger partial charge in [-0.15, -0.1) is 0 Å². The molecule has 4 heteroatoms. The van der Waals surface area contributed by atoms with Gasteiger partial charge in [0.25, 0.3) is 0 Å². The van der Waals surface area contributed by atoms with E-state index >= 15 is 0 Å². The highest BCUT2D eigenvalue weighted by Crippen LogP contribution is 2.38. The molecule has 2 saturated carbocycles. The lowest BCUT2D eigenvalue weighted by Crippen LogP contribution is -2.40. The van der Waals surface area contributed by atoms with Gasteiger partial charge in [-0.05, 0) is 44.4 Å². The lowest BCUT2D eigenvalue weighted by molar-refractivity contribution is 0.190. The van der Waals surface area contributed by atoms with Gasteiger partial charge in [0, 0.05) is 5.92 Å². The van der Waals surface area contributed by atoms with E-state index in [4.69, 9.17) is 15.2 Å². The van der Waals surface area contributed by atoms with Crippen LogP contribution in [0.1, 0.15) is 88.8 Å². The first-order chi connectivity index (χ1) is 9.67. The summed E-state index contributed by atoms with van der Waals surface area (Å²) in [4.78, 5) is 4.69. The van der Waals surface area contributed by atoms with Gasteiger partial charge in [0.05, 0.1) is 5.54 Å². The number of nitrogens with zero attached hydrogens (tertiary/aromatic N) is 2. The van der Waals surface area contributed by atoms with Crippen molar-refractivity contribution in [1.82, 2.24) is 10.1 Å². The molecular weight excluding hydrogens is 250 g/mol. The summed E-state index contributed by atoms with van der Waals surface area (Å²) in [7, 11) is 0. The Morgan fingerprint density at radius 2 is 1.70 bits per heavy atom. The normalized spacial score (nSPS) is 33.0. The molecular formula is C16H27N3O. The van der Waals surface area contributed by atoms with E-state index < -0.39 is 0 Å². The predicted molar refractivity (Wildman–Crippen MR) is 78.2 cm³/mol. The van der Waals surface area contributed by atoms with Crippen LogP contribution in [0.2, 0.25) is 0 Å². The van der Waals surface area contributed by atoms with Crippen molar-refractivity contribution in [1.29, 1.82) is 0 Å². The van der Waals surface area contributed by atoms with Gasteiger partial charge < -0.3 is 10.3 Å². The molecule has 1 aromatic rings. The molecule has 2 fully saturated rings. The molecule has 3 rings (SSSR count). The van der Waals surface area contributed by atoms with Crippen molar-refractivity contribution in [2.45, 2.75) is 82.6 Å². The summed E-state index contributed by atoms with van der Waals surface area (Å²) in [5, 5.41) is 4.25. The Kier molecular flexibility index (Phi) is 4.11. The van der Waals surface area contributed by atoms with Crippen LogP contribution in [0.15, 0.2) is 4.52 Å². The van der Waals surface area contributed by atoms with Crippen molar-refractivity contribution in [3.05, 3.63) is 11.7 Å². The second-order valence-electron chi connectivity index (χ2n) is 6.98. The van der Waals surface area contributed by atoms with E-state index in [0.717, 1.165) is 37.4 Å². The Labute approximate surface area is 121 Å². The van der Waals surface area contributed by atoms with E-state index in [0.29, 0.717) is 11.8 Å². The zero-order chi connectivity index (χ0) is 14.0. The van der Waals surface area contributed by atoms with E-state index in [-0.39, 0.29) is 5.54 Å². The lowest BCUT2D eigenvalue weighted by atomic mass is 9.78. The Morgan fingerprint density at radius 1 is 1.05 bits per heavy atom. The maximum absolute atomic E-state index is 6.52. The molecule has 1 aromatic heterocycles. The fourth-order valence-electron chi connectivity index (χ4n) is 3.63. The van der Waals surface area contributed by atoms with E-state index in [1.165, 1.54) is 38.5 Å². The van der Waals surface area contributed by atoms with Crippen LogP contribution in [0.5, 0.6) is 0 Å². The average molecular weight is 277 g/mol. The lowest BCUT2D eigenvalue weighted by Gasteiger charge is -2.32. The van der Waals surface area contributed by atoms with Crippen LogP contribution < -0.4 is 5.73 Å². The molecule has 0 radical (unpaired) electrons. The van der Waals surface area contributed by atoms with Crippen LogP contribution in [0.25, 0.3) is 0 Å². The van der Waals surface area contributed by atoms with E-state index in [2.05, 4.69) is 12.1 Å². The van der Waals surface area contributed by atoms with Crippen molar-refractivity contribution >= 4 is 0 Å². The van der Waals surface area contributed by atoms with Crippen molar-refractivity contribution < 1.29 is 4.52 Å². The Balaban J connectivity index is 1.72. The van der Waals surface area contributed by atoms with Gasteiger partial charge in [-0.1, -0.05) is 37.8 Å². The van der Waals surface area contributed by atoms with Crippen LogP contribution in [-0.4, -0.2) is 10.1 Å². The minimum atomic E-state index is -0.373. The molecule has 0 unspecified atom stereocenters. The molecule has 1 heterocycles. The van der Waals surface area contributed by atoms with Gasteiger partial charge in [0.2, 0.25) is 5.89 Å². The number of aromatic nitrogens is 2. The topological polar surface area (TPSA) is 64.9 Å². The van der Waals surface area contributed by atoms with Gasteiger partial charge in [-0.2, -0.15) is 4.98 Å². The largest absolute Gasteiger partial charge is 0.337 e. The highest BCUT2D eigenvalue weighted by molar-refractivity contribution is 5.06. The van der Waals surface area contributed by atoms with Gasteiger partial charge in [-0.3, -0.25) is 0 Å². The van der Waals surface area contributed by atoms with E-state index in [1.54, 1.807) is 0 Å². The molecule has 2 aliphatic carbocycles. The van der Waals surface area contributed by atoms with Crippen LogP contribution in [0.3, 0.4) is 0 Å². The molecule has 0 saturated heterocycles. The molecule has 0 spiro atoms. The Bertz CT molecular complexity index is 427. The van der Waals surface area contributed by atoms with E-state index in [9.17, 15) is 0 Å². The monoisotopic (exact) mass is 277 g/mol. The van der Waals surface area contributed by atoms with Gasteiger partial charge in [0.1, 0.15) is 0 Å². The summed E-state index contributed by atoms with van der Waals surface area (Å²) >= 11 is 0. The van der Waals surface area contributed by atoms with Gasteiger partial charge >= 0.3 is 0 Å². The molecule has 0 atom stereocenters. The number of nitrogens with two attached hydrogens (primary N) is 1. The number of hydrogen-bond donors (Lipinski definition) is 1. The third-order valence-corrected chi connectivity index (χ3v) is 5.25. The Hall–Kier alpha value is -0.900. The highest BCUT2D eigenvalue weighted by Gasteiger charge is 2.37. The minimum Gasteiger partial charge on any atom is -0.337 e. The minimum absolute atomic E-state index is 0.373. The second-order valence-corrected chi connectivity index (χ2v) is 6.98. The zero-order valence-corrected chi connectivity index (χ0v) is 12.6. The summed E-state index contributed by atoms with van der Waals surface area (Å²) in [5.74, 6) is 2.85. The number of rotatable bonds is 2. The molecule has 4 nitrogen and oxygen atoms in total. The SMILES string of the molecule is CC1CCC(N)(c2nc(C3CCCCCC3)no2)CC1. The van der Waals surface area contributed by atoms with Gasteiger partial charge in [-0.25, -0.2) is 0 Å². The second kappa shape index (κ2) is 5.84. The molecule has 20 heavy (non-hydrogen) atoms. The van der Waals surface area contributed by atoms with Crippen molar-refractivity contribution in [2.75, 3.05) is 0 Å². The predicted octanol–water partition coefficient (Wildman–Crippen LogP) is 3.87. The molecule has 2 N–H and O–H groups in total. The third kappa shape index (κ3) is 2.90. The van der Waals surface area contributed by atoms with Crippen LogP contribution in [-0.2, 0) is 5.54 Å². The maximum Gasteiger partial charge on any atom is 0.246 e. The van der Waals surface area contributed by atoms with Gasteiger partial charge in [0.15, 0.2) is 5.82 Å². The molecule has 0 amide bonds. The van der Waals surface area contributed by atoms with E-state index in [1.807, 2.05) is 0 Å². The molecule has 112 valence electrons. The fraction of sp³-hybridized carbons (Fsp3) is 0.875. The van der Waals surface area contributed by atoms with Crippen LogP contribution in [0.4, 0.5) is 0 Å². The molecule has 2 aliphatic rings. The van der Waals surface area contributed by atoms with Crippen molar-refractivity contribution in [3.8, 4) is 0 Å². The first-order valence-corrected chi connectivity index (χ1v) is 8.30. The maximum atomic E-state index is 6.52. The quantitative estimate of drug-likeness (QED) is 0.833. The Morgan fingerprint density at radius 3 is 2.35 bits per heavy atom. The highest BCUT2D eigenvalue weighted by atomic mass is 16.5. The molecule has 0 aliphatic heterocycles. The fourth-order valence-corrected chi connectivity index (χ4v) is 3.63. The van der Waals surface area contributed by atoms with Crippen molar-refractivity contribution in [3.63, 3.8) is 0 Å². The van der Waals surface area contributed by atoms with Crippen LogP contribution >= 0.6 is 0 Å². The number of hydrogen-bond acceptors (Lipinski definition) is 4. The summed E-state index contributed by atoms with van der Waals surface area (Å²) in [6.45, 7) is 2.30. The average Bonchev–Trinajstić information content (AvgIpc) is 2.80. The van der Waals surface area contributed by atoms with Crippen molar-refractivity contribution in [2.24, 2.45) is 11.7 Å². The first kappa shape index (κ1) is 14.1. The molecule has 0 aromatic carbocycles. The summed E-state index contributed by atoms with van der Waals surface area (Å²) < 4.78 is 5.55. The van der Waals surface area contributed by atoms with Crippen LogP contribution in [0, 0.1) is 5.92 Å². The zero-order valence-electron chi connectivity index (χ0n) is 12.6. The smallest absolute Gasteiger partial charge is 0.246 e. The summed E-state index contributed by atoms with van der Waals surface area (Å²) in [6, 6.07) is 0. The molecule has 0 bridgehead atoms. The third-order valence-electron chi connectivity index (χ3n) is 5.25. The standard InChI is InChI=1S/C16H27N3O/c1-12-8-10-16(17,11-9-12)15-18-14(19-20-15)13-6-4-2-3-5-7-13/h12-13H,2-11,17H2,1H3. The first-order valence-electron chi connectivity index (χ1n) is 8.30. The summed E-state index contributed by atoms with van der Waals surface area (Å²) in [6.07, 6.45) is 12.0.